The zero-order chi connectivity index (χ0) is 16.2. The number of nitrogens with zero attached hydrogens (tertiary/aromatic N) is 1. The molecule has 2 rings (SSSR count). The molecule has 2 aromatic rings. The van der Waals surface area contributed by atoms with E-state index in [0.29, 0.717) is 0 Å². The van der Waals surface area contributed by atoms with E-state index in [2.05, 4.69) is 51.5 Å². The zero-order valence-corrected chi connectivity index (χ0v) is 15.5. The summed E-state index contributed by atoms with van der Waals surface area (Å²) in [4.78, 5) is 4.68. The number of hydrogen-bond donors (Lipinski definition) is 0. The summed E-state index contributed by atoms with van der Waals surface area (Å²) < 4.78 is 15.4. The minimum absolute atomic E-state index is 0.0234. The molecule has 0 N–H and O–H groups in total. The van der Waals surface area contributed by atoms with Gasteiger partial charge in [-0.1, -0.05) is 46.5 Å². The normalized spacial score (nSPS) is 13.0. The van der Waals surface area contributed by atoms with E-state index in [4.69, 9.17) is 0 Å². The number of aryl methyl sites for hydroxylation is 2. The summed E-state index contributed by atoms with van der Waals surface area (Å²) in [5.41, 5.74) is 3.49. The maximum absolute atomic E-state index is 15.4. The topological polar surface area (TPSA) is 12.9 Å². The van der Waals surface area contributed by atoms with E-state index < -0.39 is 8.07 Å². The van der Waals surface area contributed by atoms with Crippen LogP contribution in [0.25, 0.3) is 10.9 Å². The summed E-state index contributed by atoms with van der Waals surface area (Å²) >= 11 is 0. The standard InChI is InChI=1S/C18H26FNSi/c1-11-9-10-13-12(2)14(18(3,4)5)15(19)17(16(13)20-11)21(6,7)8/h9-10H,1-8H3. The molecule has 0 unspecified atom stereocenters. The lowest BCUT2D eigenvalue weighted by molar-refractivity contribution is 0.524. The Hall–Kier alpha value is -1.22. The number of halogens is 1. The van der Waals surface area contributed by atoms with E-state index in [0.717, 1.165) is 32.9 Å². The molecule has 0 spiro atoms. The number of benzene rings is 1. The zero-order valence-electron chi connectivity index (χ0n) is 14.5. The molecule has 0 fully saturated rings. The van der Waals surface area contributed by atoms with Gasteiger partial charge in [0.25, 0.3) is 0 Å². The molecule has 0 aliphatic carbocycles. The molecule has 0 amide bonds. The Balaban J connectivity index is 3.08. The van der Waals surface area contributed by atoms with Crippen LogP contribution in [0, 0.1) is 19.7 Å². The van der Waals surface area contributed by atoms with E-state index in [-0.39, 0.29) is 11.2 Å². The summed E-state index contributed by atoms with van der Waals surface area (Å²) in [7, 11) is -1.84. The van der Waals surface area contributed by atoms with Gasteiger partial charge in [-0.05, 0) is 36.5 Å². The molecular formula is C18H26FNSi. The molecule has 0 saturated heterocycles. The Bertz CT molecular complexity index is 706. The fraction of sp³-hybridized carbons (Fsp3) is 0.500. The van der Waals surface area contributed by atoms with Gasteiger partial charge in [0, 0.05) is 16.3 Å². The minimum Gasteiger partial charge on any atom is -0.253 e. The molecule has 0 radical (unpaired) electrons. The van der Waals surface area contributed by atoms with Crippen LogP contribution in [0.4, 0.5) is 4.39 Å². The first-order valence-electron chi connectivity index (χ1n) is 7.55. The fourth-order valence-electron chi connectivity index (χ4n) is 3.15. The molecule has 1 nitrogen and oxygen atoms in total. The highest BCUT2D eigenvalue weighted by Gasteiger charge is 2.32. The van der Waals surface area contributed by atoms with Crippen LogP contribution >= 0.6 is 0 Å². The average Bonchev–Trinajstić information content (AvgIpc) is 2.24. The molecule has 0 atom stereocenters. The Labute approximate surface area is 128 Å². The maximum atomic E-state index is 15.4. The first kappa shape index (κ1) is 16.2. The van der Waals surface area contributed by atoms with E-state index >= 15 is 4.39 Å². The van der Waals surface area contributed by atoms with Crippen LogP contribution in [-0.2, 0) is 5.41 Å². The van der Waals surface area contributed by atoms with E-state index in [1.165, 1.54) is 0 Å². The maximum Gasteiger partial charge on any atom is 0.128 e. The highest BCUT2D eigenvalue weighted by atomic mass is 28.3. The predicted octanol–water partition coefficient (Wildman–Crippen LogP) is 4.83. The third-order valence-corrected chi connectivity index (χ3v) is 5.95. The lowest BCUT2D eigenvalue weighted by atomic mass is 9.82. The van der Waals surface area contributed by atoms with E-state index in [9.17, 15) is 0 Å². The van der Waals surface area contributed by atoms with Gasteiger partial charge in [0.15, 0.2) is 0 Å². The molecule has 0 saturated carbocycles. The Morgan fingerprint density at radius 3 is 2.10 bits per heavy atom. The van der Waals surface area contributed by atoms with Crippen molar-refractivity contribution >= 4 is 24.2 Å². The third kappa shape index (κ3) is 2.76. The van der Waals surface area contributed by atoms with Gasteiger partial charge in [0.05, 0.1) is 13.6 Å². The Morgan fingerprint density at radius 1 is 1.05 bits per heavy atom. The van der Waals surface area contributed by atoms with Crippen LogP contribution in [0.3, 0.4) is 0 Å². The van der Waals surface area contributed by atoms with Crippen LogP contribution < -0.4 is 5.19 Å². The summed E-state index contributed by atoms with van der Waals surface area (Å²) in [5.74, 6) is -0.0234. The lowest BCUT2D eigenvalue weighted by Gasteiger charge is -2.29. The van der Waals surface area contributed by atoms with Gasteiger partial charge in [-0.25, -0.2) is 4.39 Å². The fourth-order valence-corrected chi connectivity index (χ4v) is 4.84. The molecule has 1 aromatic heterocycles. The van der Waals surface area contributed by atoms with Crippen molar-refractivity contribution < 1.29 is 4.39 Å². The summed E-state index contributed by atoms with van der Waals surface area (Å²) in [6, 6.07) is 4.12. The van der Waals surface area contributed by atoms with Crippen LogP contribution in [-0.4, -0.2) is 13.1 Å². The van der Waals surface area contributed by atoms with Crippen molar-refractivity contribution in [1.29, 1.82) is 0 Å². The van der Waals surface area contributed by atoms with Gasteiger partial charge in [-0.3, -0.25) is 4.98 Å². The van der Waals surface area contributed by atoms with Crippen LogP contribution in [0.2, 0.25) is 19.6 Å². The van der Waals surface area contributed by atoms with Gasteiger partial charge in [-0.2, -0.15) is 0 Å². The number of rotatable bonds is 1. The Morgan fingerprint density at radius 2 is 1.62 bits per heavy atom. The molecule has 21 heavy (non-hydrogen) atoms. The number of hydrogen-bond acceptors (Lipinski definition) is 1. The number of aromatic nitrogens is 1. The van der Waals surface area contributed by atoms with Crippen molar-refractivity contribution in [3.8, 4) is 0 Å². The largest absolute Gasteiger partial charge is 0.253 e. The van der Waals surface area contributed by atoms with Crippen molar-refractivity contribution in [2.45, 2.75) is 59.7 Å². The second-order valence-electron chi connectivity index (χ2n) is 8.04. The Kier molecular flexibility index (Phi) is 3.77. The lowest BCUT2D eigenvalue weighted by Crippen LogP contribution is -2.43. The quantitative estimate of drug-likeness (QED) is 0.687. The predicted molar refractivity (Wildman–Crippen MR) is 92.9 cm³/mol. The van der Waals surface area contributed by atoms with Crippen LogP contribution in [0.5, 0.6) is 0 Å². The van der Waals surface area contributed by atoms with E-state index in [1.54, 1.807) is 0 Å². The summed E-state index contributed by atoms with van der Waals surface area (Å²) in [5, 5.41) is 1.97. The first-order chi connectivity index (χ1) is 9.44. The van der Waals surface area contributed by atoms with Gasteiger partial charge >= 0.3 is 0 Å². The molecular weight excluding hydrogens is 277 g/mol. The third-order valence-electron chi connectivity index (χ3n) is 3.99. The highest BCUT2D eigenvalue weighted by Crippen LogP contribution is 2.33. The van der Waals surface area contributed by atoms with Crippen LogP contribution in [0.1, 0.15) is 37.6 Å². The second kappa shape index (κ2) is 4.91. The molecule has 1 aromatic carbocycles. The number of fused-ring (bicyclic) bond motifs is 1. The average molecular weight is 303 g/mol. The first-order valence-corrected chi connectivity index (χ1v) is 11.0. The van der Waals surface area contributed by atoms with Crippen molar-refractivity contribution in [2.75, 3.05) is 0 Å². The minimum atomic E-state index is -1.84. The van der Waals surface area contributed by atoms with Gasteiger partial charge in [0.2, 0.25) is 0 Å². The molecule has 0 bridgehead atoms. The van der Waals surface area contributed by atoms with Crippen LogP contribution in [0.15, 0.2) is 12.1 Å². The van der Waals surface area contributed by atoms with E-state index in [1.807, 2.05) is 19.9 Å². The van der Waals surface area contributed by atoms with Gasteiger partial charge in [0.1, 0.15) is 5.82 Å². The number of pyridine rings is 1. The van der Waals surface area contributed by atoms with Gasteiger partial charge < -0.3 is 0 Å². The van der Waals surface area contributed by atoms with Crippen molar-refractivity contribution in [1.82, 2.24) is 4.98 Å². The van der Waals surface area contributed by atoms with Crippen molar-refractivity contribution in [2.24, 2.45) is 0 Å². The highest BCUT2D eigenvalue weighted by molar-refractivity contribution is 6.90. The molecule has 0 aliphatic heterocycles. The SMILES string of the molecule is Cc1ccc2c(C)c(C(C)(C)C)c(F)c([Si](C)(C)C)c2n1. The van der Waals surface area contributed by atoms with Crippen molar-refractivity contribution in [3.05, 3.63) is 34.8 Å². The monoisotopic (exact) mass is 303 g/mol. The smallest absolute Gasteiger partial charge is 0.128 e. The molecule has 114 valence electrons. The summed E-state index contributed by atoms with van der Waals surface area (Å²) in [6.07, 6.45) is 0. The summed E-state index contributed by atoms with van der Waals surface area (Å²) in [6.45, 7) is 16.8. The molecule has 3 heteroatoms. The molecule has 0 aliphatic rings. The van der Waals surface area contributed by atoms with Crippen molar-refractivity contribution in [3.63, 3.8) is 0 Å². The second-order valence-corrected chi connectivity index (χ2v) is 13.0. The van der Waals surface area contributed by atoms with Gasteiger partial charge in [-0.15, -0.1) is 0 Å². The molecule has 1 heterocycles.